The molecule has 0 atom stereocenters. The van der Waals surface area contributed by atoms with Gasteiger partial charge in [0.05, 0.1) is 18.0 Å². The first-order valence-electron chi connectivity index (χ1n) is 11.5. The molecule has 4 aromatic rings. The van der Waals surface area contributed by atoms with Crippen LogP contribution in [0.25, 0.3) is 11.3 Å². The minimum atomic E-state index is -4.61. The van der Waals surface area contributed by atoms with Gasteiger partial charge >= 0.3 is 6.18 Å². The molecule has 0 unspecified atom stereocenters. The Labute approximate surface area is 211 Å². The van der Waals surface area contributed by atoms with E-state index in [1.807, 2.05) is 72.8 Å². The van der Waals surface area contributed by atoms with Gasteiger partial charge in [0.15, 0.2) is 10.9 Å². The summed E-state index contributed by atoms with van der Waals surface area (Å²) in [6, 6.07) is 26.1. The van der Waals surface area contributed by atoms with Crippen LogP contribution in [0.5, 0.6) is 0 Å². The SMILES string of the molecule is O=C(CSc1nc2c(c(C(F)(F)F)n1)CCc1ccccc1-2)N(Cc1ccccc1)c1ccccc1. The van der Waals surface area contributed by atoms with Crippen LogP contribution in [0, 0.1) is 0 Å². The van der Waals surface area contributed by atoms with Gasteiger partial charge in [0.1, 0.15) is 0 Å². The zero-order valence-electron chi connectivity index (χ0n) is 19.2. The lowest BCUT2D eigenvalue weighted by molar-refractivity contribution is -0.142. The predicted molar refractivity (Wildman–Crippen MR) is 135 cm³/mol. The summed E-state index contributed by atoms with van der Waals surface area (Å²) in [6.07, 6.45) is -3.88. The Bertz CT molecular complexity index is 1380. The molecule has 0 N–H and O–H groups in total. The van der Waals surface area contributed by atoms with Gasteiger partial charge in [-0.3, -0.25) is 4.79 Å². The number of hydrogen-bond donors (Lipinski definition) is 0. The van der Waals surface area contributed by atoms with E-state index < -0.39 is 11.9 Å². The second-order valence-corrected chi connectivity index (χ2v) is 9.37. The lowest BCUT2D eigenvalue weighted by Crippen LogP contribution is -2.32. The average Bonchev–Trinajstić information content (AvgIpc) is 2.90. The first-order chi connectivity index (χ1) is 17.4. The van der Waals surface area contributed by atoms with Crippen LogP contribution in [0.15, 0.2) is 90.1 Å². The van der Waals surface area contributed by atoms with Crippen molar-refractivity contribution in [2.75, 3.05) is 10.7 Å². The molecular formula is C28H22F3N3OS. The normalized spacial score (nSPS) is 12.5. The Morgan fingerprint density at radius 3 is 2.25 bits per heavy atom. The monoisotopic (exact) mass is 505 g/mol. The molecule has 0 fully saturated rings. The highest BCUT2D eigenvalue weighted by Crippen LogP contribution is 2.40. The van der Waals surface area contributed by atoms with Gasteiger partial charge in [-0.15, -0.1) is 0 Å². The molecule has 1 aromatic heterocycles. The van der Waals surface area contributed by atoms with Gasteiger partial charge in [-0.2, -0.15) is 13.2 Å². The van der Waals surface area contributed by atoms with Crippen LogP contribution in [-0.4, -0.2) is 21.6 Å². The van der Waals surface area contributed by atoms with Crippen molar-refractivity contribution in [1.82, 2.24) is 9.97 Å². The standard InChI is InChI=1S/C28H22F3N3OS/c29-28(30,31)26-23-16-15-20-11-7-8-14-22(20)25(23)32-27(33-26)36-18-24(35)34(21-12-5-2-6-13-21)17-19-9-3-1-4-10-19/h1-14H,15-18H2. The van der Waals surface area contributed by atoms with Crippen LogP contribution in [0.3, 0.4) is 0 Å². The molecule has 1 amide bonds. The highest BCUT2D eigenvalue weighted by molar-refractivity contribution is 7.99. The Morgan fingerprint density at radius 1 is 0.861 bits per heavy atom. The topological polar surface area (TPSA) is 46.1 Å². The molecule has 182 valence electrons. The number of amides is 1. The summed E-state index contributed by atoms with van der Waals surface area (Å²) in [4.78, 5) is 23.3. The molecule has 0 saturated heterocycles. The molecule has 3 aromatic carbocycles. The molecule has 0 saturated carbocycles. The Morgan fingerprint density at radius 2 is 1.53 bits per heavy atom. The third-order valence-corrected chi connectivity index (χ3v) is 6.88. The highest BCUT2D eigenvalue weighted by atomic mass is 32.2. The summed E-state index contributed by atoms with van der Waals surface area (Å²) in [5.74, 6) is -0.343. The number of carbonyl (C=O) groups is 1. The van der Waals surface area contributed by atoms with E-state index in [0.717, 1.165) is 22.9 Å². The maximum Gasteiger partial charge on any atom is 0.433 e. The van der Waals surface area contributed by atoms with E-state index in [4.69, 9.17) is 0 Å². The van der Waals surface area contributed by atoms with E-state index in [1.54, 1.807) is 17.0 Å². The van der Waals surface area contributed by atoms with Crippen LogP contribution in [0.4, 0.5) is 18.9 Å². The number of halogens is 3. The lowest BCUT2D eigenvalue weighted by atomic mass is 9.88. The number of para-hydroxylation sites is 1. The van der Waals surface area contributed by atoms with Crippen molar-refractivity contribution in [2.45, 2.75) is 30.7 Å². The number of rotatable bonds is 6. The van der Waals surface area contributed by atoms with Crippen LogP contribution in [0.1, 0.15) is 22.4 Å². The van der Waals surface area contributed by atoms with Crippen LogP contribution in [0.2, 0.25) is 0 Å². The van der Waals surface area contributed by atoms with Gasteiger partial charge in [0.25, 0.3) is 0 Å². The van der Waals surface area contributed by atoms with Gasteiger partial charge in [-0.1, -0.05) is 84.6 Å². The molecule has 0 radical (unpaired) electrons. The molecule has 8 heteroatoms. The number of hydrogen-bond acceptors (Lipinski definition) is 4. The minimum absolute atomic E-state index is 0.0566. The number of alkyl halides is 3. The van der Waals surface area contributed by atoms with Gasteiger partial charge in [0.2, 0.25) is 5.91 Å². The second-order valence-electron chi connectivity index (χ2n) is 8.43. The van der Waals surface area contributed by atoms with Gasteiger partial charge in [-0.25, -0.2) is 9.97 Å². The molecule has 1 aliphatic carbocycles. The first kappa shape index (κ1) is 24.1. The summed E-state index contributed by atoms with van der Waals surface area (Å²) in [5, 5.41) is -0.0566. The fourth-order valence-corrected chi connectivity index (χ4v) is 5.07. The van der Waals surface area contributed by atoms with E-state index in [9.17, 15) is 18.0 Å². The Balaban J connectivity index is 1.44. The Hall–Kier alpha value is -3.65. The van der Waals surface area contributed by atoms with Crippen molar-refractivity contribution >= 4 is 23.4 Å². The summed E-state index contributed by atoms with van der Waals surface area (Å²) in [5.41, 5.74) is 2.81. The summed E-state index contributed by atoms with van der Waals surface area (Å²) >= 11 is 0.926. The third-order valence-electron chi connectivity index (χ3n) is 6.05. The van der Waals surface area contributed by atoms with Crippen LogP contribution >= 0.6 is 11.8 Å². The first-order valence-corrected chi connectivity index (χ1v) is 12.5. The second kappa shape index (κ2) is 10.1. The number of thioether (sulfide) groups is 1. The number of aromatic nitrogens is 2. The highest BCUT2D eigenvalue weighted by Gasteiger charge is 2.39. The fraction of sp³-hybridized carbons (Fsp3) is 0.179. The summed E-state index contributed by atoms with van der Waals surface area (Å²) in [7, 11) is 0. The maximum absolute atomic E-state index is 13.9. The zero-order valence-corrected chi connectivity index (χ0v) is 20.0. The van der Waals surface area contributed by atoms with Gasteiger partial charge < -0.3 is 4.90 Å². The zero-order chi connectivity index (χ0) is 25.1. The number of fused-ring (bicyclic) bond motifs is 3. The number of benzene rings is 3. The van der Waals surface area contributed by atoms with E-state index >= 15 is 0 Å². The van der Waals surface area contributed by atoms with Crippen molar-refractivity contribution in [3.63, 3.8) is 0 Å². The smallest absolute Gasteiger partial charge is 0.307 e. The molecular weight excluding hydrogens is 483 g/mol. The van der Waals surface area contributed by atoms with Crippen molar-refractivity contribution in [3.8, 4) is 11.3 Å². The van der Waals surface area contributed by atoms with Crippen molar-refractivity contribution < 1.29 is 18.0 Å². The van der Waals surface area contributed by atoms with Gasteiger partial charge in [-0.05, 0) is 36.1 Å². The summed E-state index contributed by atoms with van der Waals surface area (Å²) < 4.78 is 41.8. The molecule has 36 heavy (non-hydrogen) atoms. The Kier molecular flexibility index (Phi) is 6.78. The van der Waals surface area contributed by atoms with Crippen LogP contribution in [-0.2, 0) is 30.4 Å². The number of anilines is 1. The molecule has 0 spiro atoms. The summed E-state index contributed by atoms with van der Waals surface area (Å²) in [6.45, 7) is 0.344. The average molecular weight is 506 g/mol. The van der Waals surface area contributed by atoms with E-state index in [1.165, 1.54) is 0 Å². The van der Waals surface area contributed by atoms with Crippen LogP contribution < -0.4 is 4.90 Å². The molecule has 0 bridgehead atoms. The lowest BCUT2D eigenvalue weighted by Gasteiger charge is -2.24. The number of nitrogens with zero attached hydrogens (tertiary/aromatic N) is 3. The number of carbonyl (C=O) groups excluding carboxylic acids is 1. The van der Waals surface area contributed by atoms with E-state index in [2.05, 4.69) is 9.97 Å². The predicted octanol–water partition coefficient (Wildman–Crippen LogP) is 6.59. The van der Waals surface area contributed by atoms with Crippen molar-refractivity contribution in [2.24, 2.45) is 0 Å². The van der Waals surface area contributed by atoms with Crippen molar-refractivity contribution in [1.29, 1.82) is 0 Å². The maximum atomic E-state index is 13.9. The van der Waals surface area contributed by atoms with E-state index in [-0.39, 0.29) is 28.8 Å². The van der Waals surface area contributed by atoms with Crippen molar-refractivity contribution in [3.05, 3.63) is 107 Å². The molecule has 5 rings (SSSR count). The number of aryl methyl sites for hydroxylation is 1. The largest absolute Gasteiger partial charge is 0.433 e. The molecule has 4 nitrogen and oxygen atoms in total. The molecule has 1 heterocycles. The quantitative estimate of drug-likeness (QED) is 0.219. The molecule has 1 aliphatic rings. The third kappa shape index (κ3) is 5.14. The fourth-order valence-electron chi connectivity index (χ4n) is 4.35. The minimum Gasteiger partial charge on any atom is -0.307 e. The van der Waals surface area contributed by atoms with Gasteiger partial charge in [0, 0.05) is 16.8 Å². The van der Waals surface area contributed by atoms with E-state index in [0.29, 0.717) is 29.9 Å². The molecule has 0 aliphatic heterocycles.